The van der Waals surface area contributed by atoms with E-state index < -0.39 is 5.25 Å². The average Bonchev–Trinajstić information content (AvgIpc) is 3.03. The molecule has 0 bridgehead atoms. The van der Waals surface area contributed by atoms with Crippen molar-refractivity contribution in [1.82, 2.24) is 14.9 Å². The van der Waals surface area contributed by atoms with Gasteiger partial charge in [-0.3, -0.25) is 4.79 Å². The highest BCUT2D eigenvalue weighted by Gasteiger charge is 2.20. The maximum absolute atomic E-state index is 13.1. The number of hydrogen-bond donors (Lipinski definition) is 2. The van der Waals surface area contributed by atoms with E-state index in [0.29, 0.717) is 27.8 Å². The van der Waals surface area contributed by atoms with Crippen LogP contribution in [0.15, 0.2) is 53.7 Å². The van der Waals surface area contributed by atoms with Gasteiger partial charge in [0.05, 0.1) is 16.9 Å². The van der Waals surface area contributed by atoms with Gasteiger partial charge in [0, 0.05) is 11.3 Å². The number of aromatic nitrogens is 3. The number of anilines is 1. The molecular formula is C18H15FN6OS. The molecule has 9 heteroatoms. The first-order chi connectivity index (χ1) is 13.0. The number of carbonyl (C=O) groups is 1. The highest BCUT2D eigenvalue weighted by molar-refractivity contribution is 8.00. The van der Waals surface area contributed by atoms with E-state index in [9.17, 15) is 9.18 Å². The molecule has 0 spiro atoms. The quantitative estimate of drug-likeness (QED) is 0.519. The van der Waals surface area contributed by atoms with Gasteiger partial charge in [0.25, 0.3) is 0 Å². The highest BCUT2D eigenvalue weighted by Crippen LogP contribution is 2.25. The third-order valence-electron chi connectivity index (χ3n) is 3.68. The van der Waals surface area contributed by atoms with Crippen molar-refractivity contribution >= 4 is 23.4 Å². The normalized spacial score (nSPS) is 11.6. The zero-order valence-electron chi connectivity index (χ0n) is 14.3. The lowest BCUT2D eigenvalue weighted by Gasteiger charge is -2.11. The summed E-state index contributed by atoms with van der Waals surface area (Å²) in [7, 11) is 0. The Bertz CT molecular complexity index is 1010. The molecule has 0 aliphatic rings. The van der Waals surface area contributed by atoms with Crippen molar-refractivity contribution in [3.05, 3.63) is 59.9 Å². The van der Waals surface area contributed by atoms with Gasteiger partial charge in [0.1, 0.15) is 5.82 Å². The molecule has 136 valence electrons. The van der Waals surface area contributed by atoms with Crippen LogP contribution >= 0.6 is 11.8 Å². The van der Waals surface area contributed by atoms with Crippen molar-refractivity contribution in [1.29, 1.82) is 5.26 Å². The molecule has 1 heterocycles. The number of nitrogens with zero attached hydrogens (tertiary/aromatic N) is 4. The van der Waals surface area contributed by atoms with Crippen molar-refractivity contribution in [2.75, 3.05) is 11.2 Å². The fourth-order valence-electron chi connectivity index (χ4n) is 2.28. The smallest absolute Gasteiger partial charge is 0.237 e. The number of hydrogen-bond acceptors (Lipinski definition) is 6. The first kappa shape index (κ1) is 18.4. The van der Waals surface area contributed by atoms with Gasteiger partial charge in [0.15, 0.2) is 5.82 Å². The third-order valence-corrected chi connectivity index (χ3v) is 4.73. The van der Waals surface area contributed by atoms with Crippen molar-refractivity contribution in [3.8, 4) is 17.5 Å². The molecule has 3 N–H and O–H groups in total. The third kappa shape index (κ3) is 4.24. The first-order valence-electron chi connectivity index (χ1n) is 7.92. The van der Waals surface area contributed by atoms with E-state index in [1.165, 1.54) is 16.8 Å². The first-order valence-corrected chi connectivity index (χ1v) is 8.80. The van der Waals surface area contributed by atoms with Crippen LogP contribution in [0.25, 0.3) is 11.4 Å². The Morgan fingerprint density at radius 2 is 2.04 bits per heavy atom. The second-order valence-electron chi connectivity index (χ2n) is 5.63. The Labute approximate surface area is 159 Å². The summed E-state index contributed by atoms with van der Waals surface area (Å²) in [6, 6.07) is 14.4. The zero-order valence-corrected chi connectivity index (χ0v) is 15.1. The number of amides is 1. The van der Waals surface area contributed by atoms with Gasteiger partial charge in [0.2, 0.25) is 11.1 Å². The van der Waals surface area contributed by atoms with Crippen LogP contribution in [-0.4, -0.2) is 26.0 Å². The Kier molecular flexibility index (Phi) is 5.38. The highest BCUT2D eigenvalue weighted by atomic mass is 32.2. The molecule has 3 aromatic rings. The molecule has 0 fully saturated rings. The summed E-state index contributed by atoms with van der Waals surface area (Å²) in [5.74, 6) is 5.77. The number of nitriles is 1. The molecule has 0 aliphatic carbocycles. The SMILES string of the molecule is CC(Sc1nnc(-c2ccc(F)cc2)n1N)C(=O)Nc1cccc(C#N)c1. The maximum atomic E-state index is 13.1. The summed E-state index contributed by atoms with van der Waals surface area (Å²) in [4.78, 5) is 12.4. The molecule has 0 aliphatic heterocycles. The summed E-state index contributed by atoms with van der Waals surface area (Å²) in [6.45, 7) is 1.71. The Morgan fingerprint density at radius 1 is 1.30 bits per heavy atom. The van der Waals surface area contributed by atoms with Crippen molar-refractivity contribution in [2.45, 2.75) is 17.3 Å². The lowest BCUT2D eigenvalue weighted by Crippen LogP contribution is -2.23. The van der Waals surface area contributed by atoms with Gasteiger partial charge < -0.3 is 11.2 Å². The number of halogens is 1. The molecule has 0 saturated heterocycles. The maximum Gasteiger partial charge on any atom is 0.237 e. The van der Waals surface area contributed by atoms with E-state index in [1.807, 2.05) is 6.07 Å². The summed E-state index contributed by atoms with van der Waals surface area (Å²) < 4.78 is 14.3. The summed E-state index contributed by atoms with van der Waals surface area (Å²) in [5, 5.41) is 19.5. The number of benzene rings is 2. The number of carbonyl (C=O) groups excluding carboxylic acids is 1. The van der Waals surface area contributed by atoms with E-state index >= 15 is 0 Å². The molecule has 0 saturated carbocycles. The fourth-order valence-corrected chi connectivity index (χ4v) is 3.05. The van der Waals surface area contributed by atoms with Crippen LogP contribution in [0, 0.1) is 17.1 Å². The predicted molar refractivity (Wildman–Crippen MR) is 101 cm³/mol. The molecule has 27 heavy (non-hydrogen) atoms. The molecule has 7 nitrogen and oxygen atoms in total. The monoisotopic (exact) mass is 382 g/mol. The summed E-state index contributed by atoms with van der Waals surface area (Å²) in [6.07, 6.45) is 0. The van der Waals surface area contributed by atoms with E-state index in [1.54, 1.807) is 43.3 Å². The molecule has 3 rings (SSSR count). The minimum absolute atomic E-state index is 0.263. The Hall–Kier alpha value is -3.38. The van der Waals surface area contributed by atoms with Crippen LogP contribution < -0.4 is 11.2 Å². The van der Waals surface area contributed by atoms with Gasteiger partial charge in [-0.25, -0.2) is 9.07 Å². The molecule has 1 amide bonds. The van der Waals surface area contributed by atoms with Crippen LogP contribution in [0.2, 0.25) is 0 Å². The van der Waals surface area contributed by atoms with Crippen LogP contribution in [0.5, 0.6) is 0 Å². The molecule has 1 aromatic heterocycles. The largest absolute Gasteiger partial charge is 0.335 e. The summed E-state index contributed by atoms with van der Waals surface area (Å²) >= 11 is 1.14. The Balaban J connectivity index is 1.70. The standard InChI is InChI=1S/C18H15FN6OS/c1-11(17(26)22-15-4-2-3-12(9-15)10-20)27-18-24-23-16(25(18)21)13-5-7-14(19)8-6-13/h2-9,11H,21H2,1H3,(H,22,26). The second kappa shape index (κ2) is 7.88. The van der Waals surface area contributed by atoms with E-state index in [2.05, 4.69) is 15.5 Å². The average molecular weight is 382 g/mol. The van der Waals surface area contributed by atoms with Gasteiger partial charge in [-0.05, 0) is 49.4 Å². The minimum Gasteiger partial charge on any atom is -0.335 e. The van der Waals surface area contributed by atoms with Crippen LogP contribution in [0.4, 0.5) is 10.1 Å². The van der Waals surface area contributed by atoms with Gasteiger partial charge >= 0.3 is 0 Å². The second-order valence-corrected chi connectivity index (χ2v) is 6.93. The zero-order chi connectivity index (χ0) is 19.4. The molecular weight excluding hydrogens is 367 g/mol. The number of nitrogen functional groups attached to an aromatic ring is 1. The summed E-state index contributed by atoms with van der Waals surface area (Å²) in [5.41, 5.74) is 1.61. The lowest BCUT2D eigenvalue weighted by atomic mass is 10.2. The van der Waals surface area contributed by atoms with Gasteiger partial charge in [-0.1, -0.05) is 17.8 Å². The van der Waals surface area contributed by atoms with E-state index in [4.69, 9.17) is 11.1 Å². The number of rotatable bonds is 5. The van der Waals surface area contributed by atoms with E-state index in [-0.39, 0.29) is 11.7 Å². The molecule has 1 atom stereocenters. The van der Waals surface area contributed by atoms with Gasteiger partial charge in [-0.15, -0.1) is 10.2 Å². The lowest BCUT2D eigenvalue weighted by molar-refractivity contribution is -0.115. The van der Waals surface area contributed by atoms with Crippen molar-refractivity contribution in [3.63, 3.8) is 0 Å². The fraction of sp³-hybridized carbons (Fsp3) is 0.111. The molecule has 0 radical (unpaired) electrons. The minimum atomic E-state index is -0.511. The Morgan fingerprint density at radius 3 is 2.74 bits per heavy atom. The topological polar surface area (TPSA) is 110 Å². The van der Waals surface area contributed by atoms with E-state index in [0.717, 1.165) is 11.8 Å². The molecule has 2 aromatic carbocycles. The van der Waals surface area contributed by atoms with Gasteiger partial charge in [-0.2, -0.15) is 5.26 Å². The van der Waals surface area contributed by atoms with Crippen LogP contribution in [0.3, 0.4) is 0 Å². The van der Waals surface area contributed by atoms with Crippen LogP contribution in [0.1, 0.15) is 12.5 Å². The van der Waals surface area contributed by atoms with Crippen molar-refractivity contribution in [2.24, 2.45) is 0 Å². The number of nitrogens with two attached hydrogens (primary N) is 1. The predicted octanol–water partition coefficient (Wildman–Crippen LogP) is 2.79. The molecule has 1 unspecified atom stereocenters. The number of nitrogens with one attached hydrogen (secondary N) is 1. The van der Waals surface area contributed by atoms with Crippen molar-refractivity contribution < 1.29 is 9.18 Å². The number of thioether (sulfide) groups is 1. The van der Waals surface area contributed by atoms with Crippen LogP contribution in [-0.2, 0) is 4.79 Å².